The minimum atomic E-state index is -4.47. The fraction of sp³-hybridized carbons (Fsp3) is 0.182. The van der Waals surface area contributed by atoms with E-state index >= 15 is 0 Å². The lowest BCUT2D eigenvalue weighted by Gasteiger charge is -2.14. The Kier molecular flexibility index (Phi) is 3.01. The highest BCUT2D eigenvalue weighted by molar-refractivity contribution is 6.19. The van der Waals surface area contributed by atoms with Gasteiger partial charge < -0.3 is 5.11 Å². The van der Waals surface area contributed by atoms with Crippen molar-refractivity contribution in [3.05, 3.63) is 29.8 Å². The normalized spacial score (nSPS) is 19.0. The molecule has 0 aromatic heterocycles. The van der Waals surface area contributed by atoms with Gasteiger partial charge in [0.1, 0.15) is 0 Å². The van der Waals surface area contributed by atoms with Gasteiger partial charge in [0.15, 0.2) is 5.92 Å². The fourth-order valence-corrected chi connectivity index (χ4v) is 1.54. The van der Waals surface area contributed by atoms with Gasteiger partial charge in [-0.1, -0.05) is 0 Å². The number of benzene rings is 1. The maximum atomic E-state index is 12.4. The summed E-state index contributed by atoms with van der Waals surface area (Å²) in [6.07, 6.45) is -3.54. The van der Waals surface area contributed by atoms with Gasteiger partial charge in [-0.15, -0.1) is 0 Å². The molecule has 1 aliphatic rings. The van der Waals surface area contributed by atoms with E-state index in [1.807, 2.05) is 0 Å². The molecule has 1 aromatic rings. The van der Waals surface area contributed by atoms with E-state index in [9.17, 15) is 22.8 Å². The standard InChI is InChI=1S/C11H7F3N2O3/c12-11(13,14)6-1-3-7(4-2-6)16-9(17)8(5-15-16)10(18)19/h1-5,8H,(H,18,19). The van der Waals surface area contributed by atoms with Crippen molar-refractivity contribution in [1.82, 2.24) is 0 Å². The zero-order valence-corrected chi connectivity index (χ0v) is 9.26. The van der Waals surface area contributed by atoms with Crippen LogP contribution in [0.1, 0.15) is 5.56 Å². The number of hydrogen-bond acceptors (Lipinski definition) is 3. The number of halogens is 3. The van der Waals surface area contributed by atoms with Gasteiger partial charge in [-0.3, -0.25) is 9.59 Å². The van der Waals surface area contributed by atoms with E-state index in [0.29, 0.717) is 0 Å². The van der Waals surface area contributed by atoms with Crippen LogP contribution in [0.15, 0.2) is 29.4 Å². The van der Waals surface area contributed by atoms with Gasteiger partial charge >= 0.3 is 12.1 Å². The summed E-state index contributed by atoms with van der Waals surface area (Å²) in [6, 6.07) is 3.71. The Morgan fingerprint density at radius 2 is 1.84 bits per heavy atom. The molecule has 5 nitrogen and oxygen atoms in total. The van der Waals surface area contributed by atoms with E-state index in [0.717, 1.165) is 35.5 Å². The molecule has 8 heteroatoms. The highest BCUT2D eigenvalue weighted by atomic mass is 19.4. The molecule has 1 atom stereocenters. The zero-order chi connectivity index (χ0) is 14.2. The molecule has 0 saturated carbocycles. The first-order chi connectivity index (χ1) is 8.80. The van der Waals surface area contributed by atoms with Gasteiger partial charge in [0.05, 0.1) is 11.3 Å². The van der Waals surface area contributed by atoms with Crippen molar-refractivity contribution in [3.8, 4) is 0 Å². The van der Waals surface area contributed by atoms with Crippen molar-refractivity contribution >= 4 is 23.8 Å². The lowest BCUT2D eigenvalue weighted by molar-refractivity contribution is -0.142. The maximum Gasteiger partial charge on any atom is 0.416 e. The molecule has 1 amide bonds. The highest BCUT2D eigenvalue weighted by Gasteiger charge is 2.36. The minimum absolute atomic E-state index is 0.0815. The molecule has 0 saturated heterocycles. The van der Waals surface area contributed by atoms with Gasteiger partial charge in [-0.05, 0) is 24.3 Å². The van der Waals surface area contributed by atoms with E-state index in [-0.39, 0.29) is 5.69 Å². The van der Waals surface area contributed by atoms with Crippen LogP contribution in [0.25, 0.3) is 0 Å². The molecule has 19 heavy (non-hydrogen) atoms. The third kappa shape index (κ3) is 2.42. The van der Waals surface area contributed by atoms with Crippen LogP contribution in [0.2, 0.25) is 0 Å². The Balaban J connectivity index is 2.23. The summed E-state index contributed by atoms with van der Waals surface area (Å²) < 4.78 is 37.1. The van der Waals surface area contributed by atoms with E-state index in [1.165, 1.54) is 0 Å². The first kappa shape index (κ1) is 13.1. The summed E-state index contributed by atoms with van der Waals surface area (Å²) in [5.74, 6) is -3.57. The third-order valence-electron chi connectivity index (χ3n) is 2.51. The zero-order valence-electron chi connectivity index (χ0n) is 9.26. The van der Waals surface area contributed by atoms with E-state index in [2.05, 4.69) is 5.10 Å². The predicted octanol–water partition coefficient (Wildman–Crippen LogP) is 1.74. The van der Waals surface area contributed by atoms with Gasteiger partial charge in [0.2, 0.25) is 0 Å². The number of anilines is 1. The van der Waals surface area contributed by atoms with Crippen molar-refractivity contribution in [3.63, 3.8) is 0 Å². The van der Waals surface area contributed by atoms with Crippen LogP contribution in [0.4, 0.5) is 18.9 Å². The molecule has 100 valence electrons. The van der Waals surface area contributed by atoms with E-state index in [1.54, 1.807) is 0 Å². The number of aliphatic carboxylic acids is 1. The Hall–Kier alpha value is -2.38. The highest BCUT2D eigenvalue weighted by Crippen LogP contribution is 2.31. The summed E-state index contributed by atoms with van der Waals surface area (Å²) in [7, 11) is 0. The number of nitrogens with zero attached hydrogens (tertiary/aromatic N) is 2. The smallest absolute Gasteiger partial charge is 0.416 e. The number of hydrazone groups is 1. The Morgan fingerprint density at radius 3 is 2.26 bits per heavy atom. The summed E-state index contributed by atoms with van der Waals surface area (Å²) >= 11 is 0. The lowest BCUT2D eigenvalue weighted by Crippen LogP contribution is -2.30. The van der Waals surface area contributed by atoms with Crippen LogP contribution < -0.4 is 5.01 Å². The van der Waals surface area contributed by atoms with Gasteiger partial charge in [0, 0.05) is 6.21 Å². The Morgan fingerprint density at radius 1 is 1.26 bits per heavy atom. The number of carboxylic acid groups (broad SMARTS) is 1. The van der Waals surface area contributed by atoms with Crippen molar-refractivity contribution < 1.29 is 27.9 Å². The topological polar surface area (TPSA) is 70.0 Å². The second-order valence-corrected chi connectivity index (χ2v) is 3.78. The molecule has 2 rings (SSSR count). The number of hydrogen-bond donors (Lipinski definition) is 1. The number of carbonyl (C=O) groups excluding carboxylic acids is 1. The quantitative estimate of drug-likeness (QED) is 0.833. The van der Waals surface area contributed by atoms with Crippen LogP contribution in [-0.4, -0.2) is 23.2 Å². The second-order valence-electron chi connectivity index (χ2n) is 3.78. The number of rotatable bonds is 2. The van der Waals surface area contributed by atoms with Crippen molar-refractivity contribution in [2.75, 3.05) is 5.01 Å². The molecule has 1 aromatic carbocycles. The molecule has 1 N–H and O–H groups in total. The van der Waals surface area contributed by atoms with Crippen molar-refractivity contribution in [1.29, 1.82) is 0 Å². The number of alkyl halides is 3. The van der Waals surface area contributed by atoms with Crippen LogP contribution in [0.3, 0.4) is 0 Å². The molecule has 0 spiro atoms. The van der Waals surface area contributed by atoms with Crippen LogP contribution >= 0.6 is 0 Å². The predicted molar refractivity (Wildman–Crippen MR) is 58.5 cm³/mol. The lowest BCUT2D eigenvalue weighted by atomic mass is 10.1. The minimum Gasteiger partial charge on any atom is -0.480 e. The summed E-state index contributed by atoms with van der Waals surface area (Å²) in [4.78, 5) is 22.3. The van der Waals surface area contributed by atoms with Crippen molar-refractivity contribution in [2.45, 2.75) is 6.18 Å². The molecule has 1 aliphatic heterocycles. The molecule has 0 aliphatic carbocycles. The number of amides is 1. The Bertz CT molecular complexity index is 551. The molecular formula is C11H7F3N2O3. The molecular weight excluding hydrogens is 265 g/mol. The van der Waals surface area contributed by atoms with Gasteiger partial charge in [-0.2, -0.15) is 23.3 Å². The maximum absolute atomic E-state index is 12.4. The SMILES string of the molecule is O=C(O)C1C=NN(c2ccc(C(F)(F)F)cc2)C1=O. The van der Waals surface area contributed by atoms with Crippen molar-refractivity contribution in [2.24, 2.45) is 11.0 Å². The number of carbonyl (C=O) groups is 2. The fourth-order valence-electron chi connectivity index (χ4n) is 1.54. The molecule has 0 fully saturated rings. The first-order valence-electron chi connectivity index (χ1n) is 5.09. The Labute approximate surface area is 104 Å². The largest absolute Gasteiger partial charge is 0.480 e. The van der Waals surface area contributed by atoms with Crippen LogP contribution in [-0.2, 0) is 15.8 Å². The first-order valence-corrected chi connectivity index (χ1v) is 5.09. The monoisotopic (exact) mass is 272 g/mol. The molecule has 1 unspecified atom stereocenters. The number of carboxylic acids is 1. The molecule has 1 heterocycles. The average Bonchev–Trinajstić information content (AvgIpc) is 2.70. The third-order valence-corrected chi connectivity index (χ3v) is 2.51. The van der Waals surface area contributed by atoms with Crippen LogP contribution in [0.5, 0.6) is 0 Å². The molecule has 0 radical (unpaired) electrons. The second kappa shape index (κ2) is 4.38. The van der Waals surface area contributed by atoms with E-state index in [4.69, 9.17) is 5.11 Å². The van der Waals surface area contributed by atoms with Crippen LogP contribution in [0, 0.1) is 5.92 Å². The van der Waals surface area contributed by atoms with E-state index < -0.39 is 29.5 Å². The van der Waals surface area contributed by atoms with Gasteiger partial charge in [0.25, 0.3) is 5.91 Å². The van der Waals surface area contributed by atoms with Gasteiger partial charge in [-0.25, -0.2) is 0 Å². The average molecular weight is 272 g/mol. The molecule has 0 bridgehead atoms. The summed E-state index contributed by atoms with van der Waals surface area (Å²) in [5.41, 5.74) is -0.778. The summed E-state index contributed by atoms with van der Waals surface area (Å²) in [6.45, 7) is 0. The summed E-state index contributed by atoms with van der Waals surface area (Å²) in [5, 5.41) is 13.1.